The third-order valence-corrected chi connectivity index (χ3v) is 3.17. The number of rotatable bonds is 4. The Bertz CT molecular complexity index is 786. The van der Waals surface area contributed by atoms with E-state index in [1.807, 2.05) is 0 Å². The molecule has 0 saturated heterocycles. The third kappa shape index (κ3) is 4.07. The van der Waals surface area contributed by atoms with E-state index in [9.17, 15) is 13.6 Å². The van der Waals surface area contributed by atoms with E-state index in [0.29, 0.717) is 5.56 Å². The number of pyridine rings is 1. The molecular weight excluding hydrogens is 377 g/mol. The maximum atomic E-state index is 14.3. The summed E-state index contributed by atoms with van der Waals surface area (Å²) >= 11 is 0. The summed E-state index contributed by atoms with van der Waals surface area (Å²) < 4.78 is 34.8. The number of benzene rings is 1. The van der Waals surface area contributed by atoms with Crippen LogP contribution in [0.4, 0.5) is 8.78 Å². The van der Waals surface area contributed by atoms with Crippen LogP contribution in [-0.2, 0) is 39.3 Å². The van der Waals surface area contributed by atoms with Gasteiger partial charge in [0, 0.05) is 51.4 Å². The van der Waals surface area contributed by atoms with E-state index in [-0.39, 0.29) is 68.4 Å². The van der Waals surface area contributed by atoms with Crippen molar-refractivity contribution in [1.82, 2.24) is 4.57 Å². The zero-order chi connectivity index (χ0) is 16.3. The van der Waals surface area contributed by atoms with Crippen LogP contribution in [-0.4, -0.2) is 11.2 Å². The van der Waals surface area contributed by atoms with Crippen LogP contribution in [0, 0.1) is 37.0 Å². The average molecular weight is 391 g/mol. The zero-order valence-corrected chi connectivity index (χ0v) is 15.7. The largest absolute Gasteiger partial charge is 0.481 e. The fourth-order valence-corrected chi connectivity index (χ4v) is 2.12. The van der Waals surface area contributed by atoms with Crippen LogP contribution < -0.4 is 10.3 Å². The van der Waals surface area contributed by atoms with Crippen molar-refractivity contribution in [1.29, 1.82) is 0 Å². The number of hydrogen-bond acceptors (Lipinski definition) is 2. The van der Waals surface area contributed by atoms with E-state index in [4.69, 9.17) is 11.2 Å². The predicted octanol–water partition coefficient (Wildman–Crippen LogP) is 2.93. The molecule has 0 amide bonds. The van der Waals surface area contributed by atoms with Gasteiger partial charge in [0.2, 0.25) is 0 Å². The van der Waals surface area contributed by atoms with E-state index >= 15 is 0 Å². The van der Waals surface area contributed by atoms with Crippen LogP contribution in [0.3, 0.4) is 0 Å². The van der Waals surface area contributed by atoms with Crippen LogP contribution >= 0.6 is 0 Å². The first-order chi connectivity index (χ1) is 10.5. The number of ether oxygens (including phenoxy) is 1. The maximum Gasteiger partial charge on any atom is 0.197 e. The van der Waals surface area contributed by atoms with Gasteiger partial charge in [0.1, 0.15) is 12.4 Å². The van der Waals surface area contributed by atoms with Crippen LogP contribution in [0.5, 0.6) is 5.75 Å². The molecule has 0 spiro atoms. The minimum atomic E-state index is -0.839. The molecule has 1 radical (unpaired) electrons. The molecule has 0 aliphatic rings. The Morgan fingerprint density at radius 2 is 1.96 bits per heavy atom. The normalized spacial score (nSPS) is 9.87. The van der Waals surface area contributed by atoms with Crippen LogP contribution in [0.15, 0.2) is 23.0 Å². The molecule has 23 heavy (non-hydrogen) atoms. The summed E-state index contributed by atoms with van der Waals surface area (Å²) in [6.07, 6.45) is 5.04. The summed E-state index contributed by atoms with van der Waals surface area (Å²) in [5, 5.41) is 0. The molecule has 3 nitrogen and oxygen atoms in total. The van der Waals surface area contributed by atoms with Crippen molar-refractivity contribution >= 4 is 0 Å². The van der Waals surface area contributed by atoms with Crippen molar-refractivity contribution in [2.24, 2.45) is 0 Å². The van der Waals surface area contributed by atoms with Crippen molar-refractivity contribution in [3.8, 4) is 29.4 Å². The molecule has 0 aliphatic carbocycles. The number of aryl methyl sites for hydroxylation is 1. The zero-order valence-electron chi connectivity index (χ0n) is 12.8. The van der Waals surface area contributed by atoms with Gasteiger partial charge in [0.15, 0.2) is 5.56 Å². The number of hydrogen-bond donors (Lipinski definition) is 0. The van der Waals surface area contributed by atoms with Gasteiger partial charge in [0.05, 0.1) is 11.6 Å². The van der Waals surface area contributed by atoms with E-state index in [1.165, 1.54) is 10.6 Å². The van der Waals surface area contributed by atoms with Crippen LogP contribution in [0.1, 0.15) is 12.5 Å². The molecule has 0 N–H and O–H groups in total. The molecule has 2 rings (SSSR count). The first-order valence-electron chi connectivity index (χ1n) is 6.67. The van der Waals surface area contributed by atoms with Gasteiger partial charge in [-0.15, -0.1) is 6.42 Å². The second-order valence-corrected chi connectivity index (χ2v) is 4.62. The van der Waals surface area contributed by atoms with Crippen molar-refractivity contribution < 1.29 is 46.2 Å². The maximum absolute atomic E-state index is 14.3. The minimum absolute atomic E-state index is 0. The molecule has 6 heteroatoms. The monoisotopic (exact) mass is 391 g/mol. The Morgan fingerprint density at radius 1 is 1.35 bits per heavy atom. The topological polar surface area (TPSA) is 31.2 Å². The minimum Gasteiger partial charge on any atom is -0.481 e. The van der Waals surface area contributed by atoms with Gasteiger partial charge in [-0.3, -0.25) is 4.79 Å². The first kappa shape index (κ1) is 19.5. The van der Waals surface area contributed by atoms with Gasteiger partial charge in [-0.25, -0.2) is 8.78 Å². The number of halogens is 2. The fourth-order valence-electron chi connectivity index (χ4n) is 2.12. The molecule has 1 aromatic carbocycles. The van der Waals surface area contributed by atoms with Gasteiger partial charge in [-0.1, -0.05) is 24.1 Å². The van der Waals surface area contributed by atoms with Gasteiger partial charge >= 0.3 is 0 Å². The summed E-state index contributed by atoms with van der Waals surface area (Å²) in [4.78, 5) is 12.1. The van der Waals surface area contributed by atoms with E-state index < -0.39 is 11.6 Å². The molecule has 0 saturated carbocycles. The van der Waals surface area contributed by atoms with E-state index in [0.717, 1.165) is 12.1 Å². The Morgan fingerprint density at radius 3 is 2.48 bits per heavy atom. The average Bonchev–Trinajstić information content (AvgIpc) is 2.48. The summed E-state index contributed by atoms with van der Waals surface area (Å²) in [6.45, 7) is 3.53. The Kier molecular flexibility index (Phi) is 7.12. The molecule has 0 atom stereocenters. The summed E-state index contributed by atoms with van der Waals surface area (Å²) in [6, 6.07) is 6.26. The third-order valence-electron chi connectivity index (χ3n) is 3.17. The molecule has 1 heterocycles. The molecule has 1 aromatic heterocycles. The van der Waals surface area contributed by atoms with Crippen molar-refractivity contribution in [2.45, 2.75) is 20.4 Å². The number of aromatic nitrogens is 1. The quantitative estimate of drug-likeness (QED) is 0.593. The Balaban J connectivity index is 0.00000264. The summed E-state index contributed by atoms with van der Waals surface area (Å²) in [7, 11) is 0. The van der Waals surface area contributed by atoms with Gasteiger partial charge in [0.25, 0.3) is 0 Å². The van der Waals surface area contributed by atoms with Crippen LogP contribution in [0.2, 0.25) is 0 Å². The number of nitrogens with zero attached hydrogens (tertiary/aromatic N) is 1. The van der Waals surface area contributed by atoms with Crippen molar-refractivity contribution in [3.63, 3.8) is 0 Å². The van der Waals surface area contributed by atoms with E-state index in [1.54, 1.807) is 13.8 Å². The molecule has 0 fully saturated rings. The fraction of sp³-hybridized carbons (Fsp3) is 0.235. The standard InChI is InChI=1S/C17H14F2NO2.Y/c1-4-8-22-12-9-13(18)16(14(19)10-12)15-7-6-11(3)17(21)20(15)5-2;/h1,6,9-10H,5,8H2,2-3H3;/q-1;. The summed E-state index contributed by atoms with van der Waals surface area (Å²) in [5.41, 5.74) is -0.0910. The summed E-state index contributed by atoms with van der Waals surface area (Å²) in [5.74, 6) is 0.531. The molecule has 0 unspecified atom stereocenters. The van der Waals surface area contributed by atoms with Gasteiger partial charge < -0.3 is 9.30 Å². The molecule has 2 aromatic rings. The second kappa shape index (κ2) is 8.38. The van der Waals surface area contributed by atoms with E-state index in [2.05, 4.69) is 12.0 Å². The molecular formula is C17H14F2NO2Y-. The molecule has 0 aliphatic heterocycles. The second-order valence-electron chi connectivity index (χ2n) is 4.62. The van der Waals surface area contributed by atoms with Crippen molar-refractivity contribution in [2.75, 3.05) is 6.61 Å². The SMILES string of the molecule is C#CCOc1cc(F)c(-c2[c-]cc(C)c(=O)n2CC)c(F)c1.[Y]. The Hall–Kier alpha value is -1.51. The predicted molar refractivity (Wildman–Crippen MR) is 79.6 cm³/mol. The molecule has 117 valence electrons. The smallest absolute Gasteiger partial charge is 0.197 e. The van der Waals surface area contributed by atoms with Gasteiger partial charge in [-0.05, 0) is 12.5 Å². The number of terminal acetylenes is 1. The van der Waals surface area contributed by atoms with Crippen molar-refractivity contribution in [3.05, 3.63) is 51.8 Å². The van der Waals surface area contributed by atoms with Gasteiger partial charge in [-0.2, -0.15) is 12.1 Å². The van der Waals surface area contributed by atoms with Crippen LogP contribution in [0.25, 0.3) is 11.3 Å². The first-order valence-corrected chi connectivity index (χ1v) is 6.67. The Labute approximate surface area is 158 Å². The molecule has 0 bridgehead atoms.